The van der Waals surface area contributed by atoms with E-state index in [0.717, 1.165) is 0 Å². The molecule has 1 aromatic rings. The molecule has 0 nitrogen and oxygen atoms in total. The van der Waals surface area contributed by atoms with Crippen LogP contribution >= 0.6 is 0 Å². The van der Waals surface area contributed by atoms with E-state index >= 15 is 0 Å². The van der Waals surface area contributed by atoms with Gasteiger partial charge in [-0.1, -0.05) is 13.0 Å². The summed E-state index contributed by atoms with van der Waals surface area (Å²) in [6.07, 6.45) is 2.31. The zero-order chi connectivity index (χ0) is 11.3. The summed E-state index contributed by atoms with van der Waals surface area (Å²) in [5, 5.41) is 0. The predicted molar refractivity (Wildman–Crippen MR) is 67.1 cm³/mol. The molecule has 0 bridgehead atoms. The molecule has 0 spiro atoms. The summed E-state index contributed by atoms with van der Waals surface area (Å²) in [5.41, 5.74) is 10.2. The summed E-state index contributed by atoms with van der Waals surface area (Å²) < 4.78 is 0. The molecule has 0 amide bonds. The van der Waals surface area contributed by atoms with Crippen LogP contribution in [0.1, 0.15) is 47.2 Å². The van der Waals surface area contributed by atoms with Gasteiger partial charge in [0.15, 0.2) is 0 Å². The Morgan fingerprint density at radius 1 is 0.600 bits per heavy atom. The van der Waals surface area contributed by atoms with Gasteiger partial charge in [-0.05, 0) is 73.6 Å². The fraction of sp³-hybridized carbons (Fsp3) is 0.400. The second kappa shape index (κ2) is 3.23. The molecule has 0 saturated carbocycles. The van der Waals surface area contributed by atoms with Gasteiger partial charge in [0.25, 0.3) is 0 Å². The zero-order valence-electron chi connectivity index (χ0n) is 10.6. The lowest BCUT2D eigenvalue weighted by atomic mass is 9.86. The fourth-order valence-electron chi connectivity index (χ4n) is 2.77. The number of hydrogen-bond donors (Lipinski definition) is 0. The monoisotopic (exact) mass is 199 g/mol. The van der Waals surface area contributed by atoms with Crippen molar-refractivity contribution in [2.24, 2.45) is 0 Å². The summed E-state index contributed by atoms with van der Waals surface area (Å²) in [4.78, 5) is 0. The van der Waals surface area contributed by atoms with Gasteiger partial charge in [-0.2, -0.15) is 0 Å². The van der Waals surface area contributed by atoms with E-state index in [1.165, 1.54) is 44.9 Å². The second-order valence-electron chi connectivity index (χ2n) is 4.76. The maximum Gasteiger partial charge on any atom is 0.0248 e. The van der Waals surface area contributed by atoms with Crippen LogP contribution in [0.3, 0.4) is 0 Å². The third-order valence-electron chi connectivity index (χ3n) is 3.91. The normalized spacial score (nSPS) is 15.5. The second-order valence-corrected chi connectivity index (χ2v) is 4.76. The van der Waals surface area contributed by atoms with Gasteiger partial charge in [-0.3, -0.25) is 0 Å². The first-order valence-electron chi connectivity index (χ1n) is 5.58. The van der Waals surface area contributed by atoms with Crippen LogP contribution in [0.4, 0.5) is 0 Å². The minimum absolute atomic E-state index is 1.42. The first-order chi connectivity index (χ1) is 6.95. The van der Waals surface area contributed by atoms with Crippen molar-refractivity contribution in [3.8, 4) is 0 Å². The Hall–Kier alpha value is -1.04. The number of rotatable bonds is 0. The smallest absolute Gasteiger partial charge is 0.0248 e. The SMILES string of the molecule is C[C]1C=C(C)c2c(C)c(C)c(C)c(C)c21. The van der Waals surface area contributed by atoms with Crippen LogP contribution in [0.25, 0.3) is 5.57 Å². The number of allylic oxidation sites excluding steroid dienone is 2. The van der Waals surface area contributed by atoms with E-state index in [9.17, 15) is 0 Å². The van der Waals surface area contributed by atoms with Crippen molar-refractivity contribution in [2.45, 2.75) is 41.5 Å². The summed E-state index contributed by atoms with van der Waals surface area (Å²) in [7, 11) is 0. The average molecular weight is 199 g/mol. The molecule has 0 N–H and O–H groups in total. The maximum absolute atomic E-state index is 2.31. The number of fused-ring (bicyclic) bond motifs is 1. The summed E-state index contributed by atoms with van der Waals surface area (Å²) in [6.45, 7) is 13.4. The Morgan fingerprint density at radius 2 is 1.07 bits per heavy atom. The van der Waals surface area contributed by atoms with Crippen molar-refractivity contribution in [1.82, 2.24) is 0 Å². The molecule has 1 aliphatic rings. The molecule has 15 heavy (non-hydrogen) atoms. The Labute approximate surface area is 93.0 Å². The highest BCUT2D eigenvalue weighted by Gasteiger charge is 2.24. The van der Waals surface area contributed by atoms with E-state index in [1.807, 2.05) is 0 Å². The highest BCUT2D eigenvalue weighted by atomic mass is 14.3. The van der Waals surface area contributed by atoms with Crippen LogP contribution in [0.15, 0.2) is 6.08 Å². The van der Waals surface area contributed by atoms with Gasteiger partial charge >= 0.3 is 0 Å². The molecule has 0 heteroatoms. The van der Waals surface area contributed by atoms with Crippen LogP contribution in [0.5, 0.6) is 0 Å². The van der Waals surface area contributed by atoms with Gasteiger partial charge in [0.1, 0.15) is 0 Å². The van der Waals surface area contributed by atoms with E-state index in [2.05, 4.69) is 47.6 Å². The maximum atomic E-state index is 2.31. The van der Waals surface area contributed by atoms with Crippen molar-refractivity contribution in [2.75, 3.05) is 0 Å². The molecule has 0 aromatic heterocycles. The first kappa shape index (κ1) is 10.5. The van der Waals surface area contributed by atoms with Gasteiger partial charge in [-0.15, -0.1) is 0 Å². The Morgan fingerprint density at radius 3 is 1.60 bits per heavy atom. The molecule has 2 rings (SSSR count). The molecule has 0 saturated heterocycles. The largest absolute Gasteiger partial charge is 0.0694 e. The fourth-order valence-corrected chi connectivity index (χ4v) is 2.77. The van der Waals surface area contributed by atoms with Crippen molar-refractivity contribution in [3.05, 3.63) is 45.4 Å². The third-order valence-corrected chi connectivity index (χ3v) is 3.91. The molecule has 0 aliphatic heterocycles. The van der Waals surface area contributed by atoms with Gasteiger partial charge in [0, 0.05) is 5.92 Å². The van der Waals surface area contributed by atoms with Crippen molar-refractivity contribution >= 4 is 5.57 Å². The topological polar surface area (TPSA) is 0 Å². The number of benzene rings is 1. The summed E-state index contributed by atoms with van der Waals surface area (Å²) in [6, 6.07) is 0. The highest BCUT2D eigenvalue weighted by molar-refractivity contribution is 5.82. The van der Waals surface area contributed by atoms with Gasteiger partial charge in [0.05, 0.1) is 0 Å². The standard InChI is InChI=1S/C15H19/c1-8-7-9(2)15-13(6)11(4)10(3)12(5)14(8)15/h7H,1-6H3. The summed E-state index contributed by atoms with van der Waals surface area (Å²) in [5.74, 6) is 1.42. The Balaban J connectivity index is 2.86. The Bertz CT molecular complexity index is 462. The van der Waals surface area contributed by atoms with Crippen LogP contribution in [0, 0.1) is 33.6 Å². The van der Waals surface area contributed by atoms with Crippen LogP contribution < -0.4 is 0 Å². The van der Waals surface area contributed by atoms with E-state index in [4.69, 9.17) is 0 Å². The molecule has 0 heterocycles. The van der Waals surface area contributed by atoms with Gasteiger partial charge in [0.2, 0.25) is 0 Å². The minimum Gasteiger partial charge on any atom is -0.0694 e. The molecular weight excluding hydrogens is 180 g/mol. The lowest BCUT2D eigenvalue weighted by Crippen LogP contribution is -2.02. The van der Waals surface area contributed by atoms with Crippen molar-refractivity contribution < 1.29 is 0 Å². The molecule has 1 aliphatic carbocycles. The lowest BCUT2D eigenvalue weighted by Gasteiger charge is -2.18. The quantitative estimate of drug-likeness (QED) is 0.585. The lowest BCUT2D eigenvalue weighted by molar-refractivity contribution is 1.14. The van der Waals surface area contributed by atoms with Gasteiger partial charge < -0.3 is 0 Å². The predicted octanol–water partition coefficient (Wildman–Crippen LogP) is 4.28. The molecular formula is C15H19. The molecule has 79 valence electrons. The highest BCUT2D eigenvalue weighted by Crippen LogP contribution is 2.41. The van der Waals surface area contributed by atoms with Crippen molar-refractivity contribution in [1.29, 1.82) is 0 Å². The zero-order valence-corrected chi connectivity index (χ0v) is 10.6. The molecule has 0 atom stereocenters. The molecule has 0 fully saturated rings. The van der Waals surface area contributed by atoms with E-state index in [-0.39, 0.29) is 0 Å². The molecule has 1 radical (unpaired) electrons. The average Bonchev–Trinajstić information content (AvgIpc) is 2.47. The van der Waals surface area contributed by atoms with Crippen LogP contribution in [0.2, 0.25) is 0 Å². The van der Waals surface area contributed by atoms with Crippen LogP contribution in [-0.4, -0.2) is 0 Å². The van der Waals surface area contributed by atoms with Gasteiger partial charge in [-0.25, -0.2) is 0 Å². The molecule has 0 unspecified atom stereocenters. The Kier molecular flexibility index (Phi) is 2.26. The minimum atomic E-state index is 1.42. The first-order valence-corrected chi connectivity index (χ1v) is 5.58. The van der Waals surface area contributed by atoms with E-state index in [0.29, 0.717) is 0 Å². The molecule has 1 aromatic carbocycles. The van der Waals surface area contributed by atoms with E-state index in [1.54, 1.807) is 0 Å². The van der Waals surface area contributed by atoms with E-state index < -0.39 is 0 Å². The van der Waals surface area contributed by atoms with Crippen molar-refractivity contribution in [3.63, 3.8) is 0 Å². The third kappa shape index (κ3) is 1.27. The number of hydrogen-bond acceptors (Lipinski definition) is 0. The van der Waals surface area contributed by atoms with Crippen LogP contribution in [-0.2, 0) is 0 Å². The summed E-state index contributed by atoms with van der Waals surface area (Å²) >= 11 is 0.